The van der Waals surface area contributed by atoms with Gasteiger partial charge in [0.15, 0.2) is 0 Å². The molecule has 1 amide bonds. The first-order valence-corrected chi connectivity index (χ1v) is 10.1. The van der Waals surface area contributed by atoms with Crippen LogP contribution in [0.15, 0.2) is 35.4 Å². The minimum absolute atomic E-state index is 0.163. The molecule has 1 unspecified atom stereocenters. The van der Waals surface area contributed by atoms with Gasteiger partial charge in [-0.3, -0.25) is 4.79 Å². The number of anilines is 1. The van der Waals surface area contributed by atoms with Crippen molar-refractivity contribution in [3.05, 3.63) is 52.7 Å². The minimum Gasteiger partial charge on any atom is -0.478 e. The average Bonchev–Trinajstić information content (AvgIpc) is 2.71. The molecule has 0 radical (unpaired) electrons. The Bertz CT molecular complexity index is 935. The van der Waals surface area contributed by atoms with E-state index in [-0.39, 0.29) is 11.5 Å². The van der Waals surface area contributed by atoms with Crippen LogP contribution in [0.25, 0.3) is 0 Å². The first-order chi connectivity index (χ1) is 13.5. The van der Waals surface area contributed by atoms with Gasteiger partial charge in [0.25, 0.3) is 0 Å². The second kappa shape index (κ2) is 8.89. The molecule has 0 fully saturated rings. The van der Waals surface area contributed by atoms with Crippen LogP contribution in [0.5, 0.6) is 0 Å². The van der Waals surface area contributed by atoms with Crippen molar-refractivity contribution in [2.75, 3.05) is 5.32 Å². The van der Waals surface area contributed by atoms with Crippen LogP contribution in [0, 0.1) is 11.3 Å². The number of thioether (sulfide) groups is 1. The van der Waals surface area contributed by atoms with E-state index in [1.807, 2.05) is 13.0 Å². The normalized spacial score (nSPS) is 13.9. The number of aromatic carboxylic acids is 1. The number of pyridine rings is 1. The molecule has 1 atom stereocenters. The van der Waals surface area contributed by atoms with Gasteiger partial charge in [0.05, 0.1) is 16.4 Å². The molecule has 1 aliphatic carbocycles. The van der Waals surface area contributed by atoms with E-state index in [0.717, 1.165) is 36.9 Å². The van der Waals surface area contributed by atoms with E-state index >= 15 is 0 Å². The largest absolute Gasteiger partial charge is 0.478 e. The topological polar surface area (TPSA) is 103 Å². The van der Waals surface area contributed by atoms with Gasteiger partial charge in [0.2, 0.25) is 5.91 Å². The molecular formula is C21H21N3O3S. The number of aryl methyl sites for hydroxylation is 2. The number of amides is 1. The lowest BCUT2D eigenvalue weighted by Crippen LogP contribution is -2.25. The van der Waals surface area contributed by atoms with E-state index in [4.69, 9.17) is 5.11 Å². The van der Waals surface area contributed by atoms with Crippen LogP contribution in [-0.2, 0) is 17.6 Å². The zero-order valence-corrected chi connectivity index (χ0v) is 16.4. The summed E-state index contributed by atoms with van der Waals surface area (Å²) in [5.41, 5.74) is 3.39. The first-order valence-electron chi connectivity index (χ1n) is 9.25. The summed E-state index contributed by atoms with van der Waals surface area (Å²) in [6.45, 7) is 1.91. The number of carbonyl (C=O) groups is 2. The highest BCUT2D eigenvalue weighted by molar-refractivity contribution is 8.00. The number of hydrogen-bond acceptors (Lipinski definition) is 5. The van der Waals surface area contributed by atoms with Crippen molar-refractivity contribution in [3.8, 4) is 6.07 Å². The lowest BCUT2D eigenvalue weighted by atomic mass is 9.95. The molecule has 7 heteroatoms. The number of fused-ring (bicyclic) bond motifs is 1. The summed E-state index contributed by atoms with van der Waals surface area (Å²) in [6.07, 6.45) is 4.65. The molecule has 2 N–H and O–H groups in total. The van der Waals surface area contributed by atoms with E-state index < -0.39 is 11.2 Å². The number of benzene rings is 1. The average molecular weight is 395 g/mol. The molecule has 0 aliphatic heterocycles. The molecule has 6 nitrogen and oxygen atoms in total. The van der Waals surface area contributed by atoms with Gasteiger partial charge >= 0.3 is 5.97 Å². The number of rotatable bonds is 6. The lowest BCUT2D eigenvalue weighted by molar-refractivity contribution is -0.115. The number of carbonyl (C=O) groups excluding carboxylic acids is 1. The summed E-state index contributed by atoms with van der Waals surface area (Å²) in [5, 5.41) is 21.5. The summed E-state index contributed by atoms with van der Waals surface area (Å²) < 4.78 is 0. The van der Waals surface area contributed by atoms with Gasteiger partial charge in [-0.15, -0.1) is 0 Å². The van der Waals surface area contributed by atoms with E-state index in [9.17, 15) is 14.9 Å². The Morgan fingerprint density at radius 3 is 2.64 bits per heavy atom. The molecule has 0 bridgehead atoms. The fourth-order valence-corrected chi connectivity index (χ4v) is 4.16. The Kier molecular flexibility index (Phi) is 6.32. The number of hydrogen-bond donors (Lipinski definition) is 2. The molecule has 1 aromatic heterocycles. The summed E-state index contributed by atoms with van der Waals surface area (Å²) in [4.78, 5) is 28.3. The van der Waals surface area contributed by atoms with Crippen molar-refractivity contribution in [1.29, 1.82) is 5.26 Å². The van der Waals surface area contributed by atoms with Crippen LogP contribution in [0.2, 0.25) is 0 Å². The predicted molar refractivity (Wildman–Crippen MR) is 108 cm³/mol. The maximum absolute atomic E-state index is 12.7. The molecule has 0 saturated carbocycles. The van der Waals surface area contributed by atoms with Crippen molar-refractivity contribution in [2.24, 2.45) is 0 Å². The van der Waals surface area contributed by atoms with Crippen LogP contribution < -0.4 is 5.32 Å². The maximum Gasteiger partial charge on any atom is 0.335 e. The van der Waals surface area contributed by atoms with Crippen LogP contribution in [-0.4, -0.2) is 27.2 Å². The first kappa shape index (κ1) is 19.9. The predicted octanol–water partition coefficient (Wildman–Crippen LogP) is 4.04. The molecule has 1 aromatic carbocycles. The van der Waals surface area contributed by atoms with Crippen molar-refractivity contribution < 1.29 is 14.7 Å². The molecule has 28 heavy (non-hydrogen) atoms. The number of aromatic nitrogens is 1. The van der Waals surface area contributed by atoms with Crippen molar-refractivity contribution in [3.63, 3.8) is 0 Å². The molecule has 3 rings (SSSR count). The van der Waals surface area contributed by atoms with Crippen molar-refractivity contribution in [1.82, 2.24) is 4.98 Å². The highest BCUT2D eigenvalue weighted by Gasteiger charge is 2.23. The molecule has 2 aromatic rings. The Morgan fingerprint density at radius 2 is 2.00 bits per heavy atom. The third kappa shape index (κ3) is 4.52. The quantitative estimate of drug-likeness (QED) is 0.716. The van der Waals surface area contributed by atoms with E-state index in [2.05, 4.69) is 16.4 Å². The van der Waals surface area contributed by atoms with Gasteiger partial charge in [0.1, 0.15) is 11.1 Å². The Hall–Kier alpha value is -2.85. The van der Waals surface area contributed by atoms with Crippen LogP contribution in [0.4, 0.5) is 5.69 Å². The minimum atomic E-state index is -1.01. The third-order valence-corrected chi connectivity index (χ3v) is 6.07. The standard InChI is InChI=1S/C21H21N3O3S/c1-2-18(19(25)23-16-9-7-13(8-10-16)21(26)27)28-20-15(12-22)11-14-5-3-4-6-17(14)24-20/h7-11,18H,2-6H2,1H3,(H,23,25)(H,26,27). The summed E-state index contributed by atoms with van der Waals surface area (Å²) in [5.74, 6) is -1.21. The number of nitrogens with one attached hydrogen (secondary N) is 1. The molecule has 0 saturated heterocycles. The van der Waals surface area contributed by atoms with Gasteiger partial charge in [-0.05, 0) is 68.0 Å². The molecule has 0 spiro atoms. The number of carboxylic acid groups (broad SMARTS) is 1. The Balaban J connectivity index is 1.75. The van der Waals surface area contributed by atoms with Gasteiger partial charge in [-0.2, -0.15) is 5.26 Å². The highest BCUT2D eigenvalue weighted by Crippen LogP contribution is 2.31. The highest BCUT2D eigenvalue weighted by atomic mass is 32.2. The van der Waals surface area contributed by atoms with E-state index in [1.165, 1.54) is 23.9 Å². The van der Waals surface area contributed by atoms with Crippen molar-refractivity contribution in [2.45, 2.75) is 49.3 Å². The van der Waals surface area contributed by atoms with Gasteiger partial charge in [0, 0.05) is 11.4 Å². The van der Waals surface area contributed by atoms with Gasteiger partial charge in [-0.1, -0.05) is 18.7 Å². The van der Waals surface area contributed by atoms with Crippen LogP contribution in [0.1, 0.15) is 53.4 Å². The summed E-state index contributed by atoms with van der Waals surface area (Å²) >= 11 is 1.31. The maximum atomic E-state index is 12.7. The monoisotopic (exact) mass is 395 g/mol. The third-order valence-electron chi connectivity index (χ3n) is 4.70. The van der Waals surface area contributed by atoms with Crippen molar-refractivity contribution >= 4 is 29.3 Å². The molecular weight excluding hydrogens is 374 g/mol. The number of carboxylic acids is 1. The SMILES string of the molecule is CCC(Sc1nc2c(cc1C#N)CCCC2)C(=O)Nc1ccc(C(=O)O)cc1. The fourth-order valence-electron chi connectivity index (χ4n) is 3.16. The number of nitrogens with zero attached hydrogens (tertiary/aromatic N) is 2. The second-order valence-electron chi connectivity index (χ2n) is 6.65. The zero-order valence-electron chi connectivity index (χ0n) is 15.6. The van der Waals surface area contributed by atoms with Gasteiger partial charge < -0.3 is 10.4 Å². The molecule has 1 aliphatic rings. The Labute approximate surface area is 168 Å². The van der Waals surface area contributed by atoms with Crippen LogP contribution in [0.3, 0.4) is 0 Å². The summed E-state index contributed by atoms with van der Waals surface area (Å²) in [7, 11) is 0. The fraction of sp³-hybridized carbons (Fsp3) is 0.333. The van der Waals surface area contributed by atoms with E-state index in [1.54, 1.807) is 12.1 Å². The van der Waals surface area contributed by atoms with Gasteiger partial charge in [-0.25, -0.2) is 9.78 Å². The number of nitriles is 1. The van der Waals surface area contributed by atoms with E-state index in [0.29, 0.717) is 22.7 Å². The Morgan fingerprint density at radius 1 is 1.29 bits per heavy atom. The second-order valence-corrected chi connectivity index (χ2v) is 7.84. The lowest BCUT2D eigenvalue weighted by Gasteiger charge is -2.19. The zero-order chi connectivity index (χ0) is 20.1. The molecule has 1 heterocycles. The molecule has 144 valence electrons. The smallest absolute Gasteiger partial charge is 0.335 e. The summed E-state index contributed by atoms with van der Waals surface area (Å²) in [6, 6.07) is 10.2. The van der Waals surface area contributed by atoms with Crippen LogP contribution >= 0.6 is 11.8 Å².